The molecule has 1 heterocycles. The Morgan fingerprint density at radius 2 is 2.00 bits per heavy atom. The van der Waals surface area contributed by atoms with Crippen molar-refractivity contribution < 1.29 is 9.59 Å². The van der Waals surface area contributed by atoms with Crippen LogP contribution in [0.1, 0.15) is 44.9 Å². The smallest absolute Gasteiger partial charge is 0.239 e. The summed E-state index contributed by atoms with van der Waals surface area (Å²) in [6.45, 7) is 0.948. The Hall–Kier alpha value is -1.10. The monoisotopic (exact) mass is 253 g/mol. The van der Waals surface area contributed by atoms with Crippen LogP contribution in [0.4, 0.5) is 0 Å². The van der Waals surface area contributed by atoms with E-state index in [-0.39, 0.29) is 24.4 Å². The van der Waals surface area contributed by atoms with Crippen LogP contribution in [-0.4, -0.2) is 41.9 Å². The highest BCUT2D eigenvalue weighted by Crippen LogP contribution is 2.17. The van der Waals surface area contributed by atoms with Crippen molar-refractivity contribution in [3.8, 4) is 0 Å². The Labute approximate surface area is 108 Å². The zero-order chi connectivity index (χ0) is 13.0. The Kier molecular flexibility index (Phi) is 4.58. The van der Waals surface area contributed by atoms with Gasteiger partial charge in [0.2, 0.25) is 11.8 Å². The van der Waals surface area contributed by atoms with Crippen molar-refractivity contribution in [3.63, 3.8) is 0 Å². The van der Waals surface area contributed by atoms with Gasteiger partial charge in [0, 0.05) is 25.0 Å². The maximum absolute atomic E-state index is 11.9. The number of hydrogen-bond acceptors (Lipinski definition) is 3. The number of nitrogens with zero attached hydrogens (tertiary/aromatic N) is 1. The minimum Gasteiger partial charge on any atom is -0.352 e. The van der Waals surface area contributed by atoms with E-state index in [0.29, 0.717) is 12.5 Å². The predicted octanol–water partition coefficient (Wildman–Crippen LogP) is 0.385. The van der Waals surface area contributed by atoms with Gasteiger partial charge in [0.15, 0.2) is 0 Å². The van der Waals surface area contributed by atoms with Gasteiger partial charge in [0.05, 0.1) is 6.54 Å². The molecular weight excluding hydrogens is 230 g/mol. The fraction of sp³-hybridized carbons (Fsp3) is 0.846. The van der Waals surface area contributed by atoms with E-state index < -0.39 is 0 Å². The maximum Gasteiger partial charge on any atom is 0.239 e. The van der Waals surface area contributed by atoms with E-state index in [1.807, 2.05) is 0 Å². The largest absolute Gasteiger partial charge is 0.352 e. The standard InChI is InChI=1S/C13H23N3O2/c14-10-4-6-11(7-5-10)15-12(17)9-16-8-2-1-3-13(16)18/h10-11H,1-9,14H2,(H,15,17). The first-order valence-electron chi connectivity index (χ1n) is 6.98. The highest BCUT2D eigenvalue weighted by Gasteiger charge is 2.23. The van der Waals surface area contributed by atoms with Crippen LogP contribution in [0.5, 0.6) is 0 Å². The van der Waals surface area contributed by atoms with Crippen molar-refractivity contribution in [3.05, 3.63) is 0 Å². The molecule has 0 radical (unpaired) electrons. The Balaban J connectivity index is 1.73. The first-order valence-corrected chi connectivity index (χ1v) is 6.98. The zero-order valence-electron chi connectivity index (χ0n) is 10.9. The topological polar surface area (TPSA) is 75.4 Å². The quantitative estimate of drug-likeness (QED) is 0.763. The summed E-state index contributed by atoms with van der Waals surface area (Å²) in [6.07, 6.45) is 6.43. The zero-order valence-corrected chi connectivity index (χ0v) is 10.9. The molecule has 0 bridgehead atoms. The Bertz CT molecular complexity index is 311. The van der Waals surface area contributed by atoms with Crippen molar-refractivity contribution in [1.82, 2.24) is 10.2 Å². The summed E-state index contributed by atoms with van der Waals surface area (Å²) in [7, 11) is 0. The van der Waals surface area contributed by atoms with Crippen LogP contribution in [0.15, 0.2) is 0 Å². The average Bonchev–Trinajstić information content (AvgIpc) is 2.35. The Morgan fingerprint density at radius 3 is 2.67 bits per heavy atom. The fourth-order valence-corrected chi connectivity index (χ4v) is 2.74. The van der Waals surface area contributed by atoms with Crippen molar-refractivity contribution in [1.29, 1.82) is 0 Å². The van der Waals surface area contributed by atoms with Crippen LogP contribution in [0.25, 0.3) is 0 Å². The molecule has 0 aromatic heterocycles. The number of amides is 2. The van der Waals surface area contributed by atoms with Gasteiger partial charge in [-0.1, -0.05) is 0 Å². The lowest BCUT2D eigenvalue weighted by Crippen LogP contribution is -2.47. The summed E-state index contributed by atoms with van der Waals surface area (Å²) >= 11 is 0. The van der Waals surface area contributed by atoms with Crippen LogP contribution < -0.4 is 11.1 Å². The summed E-state index contributed by atoms with van der Waals surface area (Å²) in [6, 6.07) is 0.541. The third-order valence-electron chi connectivity index (χ3n) is 3.89. The summed E-state index contributed by atoms with van der Waals surface area (Å²) < 4.78 is 0. The second-order valence-electron chi connectivity index (χ2n) is 5.45. The molecule has 5 nitrogen and oxygen atoms in total. The molecular formula is C13H23N3O2. The molecule has 0 aromatic rings. The van der Waals surface area contributed by atoms with E-state index in [1.165, 1.54) is 0 Å². The molecule has 1 aliphatic heterocycles. The van der Waals surface area contributed by atoms with Crippen LogP contribution in [-0.2, 0) is 9.59 Å². The number of nitrogens with two attached hydrogens (primary N) is 1. The van der Waals surface area contributed by atoms with Crippen LogP contribution in [0.3, 0.4) is 0 Å². The third-order valence-corrected chi connectivity index (χ3v) is 3.89. The van der Waals surface area contributed by atoms with Gasteiger partial charge < -0.3 is 16.0 Å². The second kappa shape index (κ2) is 6.18. The number of piperidine rings is 1. The minimum absolute atomic E-state index is 0.0225. The Morgan fingerprint density at radius 1 is 1.28 bits per heavy atom. The number of hydrogen-bond donors (Lipinski definition) is 2. The van der Waals surface area contributed by atoms with Gasteiger partial charge in [-0.05, 0) is 38.5 Å². The molecule has 0 aromatic carbocycles. The van der Waals surface area contributed by atoms with E-state index >= 15 is 0 Å². The molecule has 1 saturated carbocycles. The number of carbonyl (C=O) groups excluding carboxylic acids is 2. The molecule has 18 heavy (non-hydrogen) atoms. The van der Waals surface area contributed by atoms with Crippen LogP contribution >= 0.6 is 0 Å². The first-order chi connectivity index (χ1) is 8.65. The number of rotatable bonds is 3. The molecule has 2 aliphatic rings. The van der Waals surface area contributed by atoms with Gasteiger partial charge in [-0.3, -0.25) is 9.59 Å². The average molecular weight is 253 g/mol. The molecule has 5 heteroatoms. The van der Waals surface area contributed by atoms with Crippen molar-refractivity contribution in [2.45, 2.75) is 57.0 Å². The van der Waals surface area contributed by atoms with Gasteiger partial charge in [0.1, 0.15) is 0 Å². The summed E-state index contributed by atoms with van der Waals surface area (Å²) in [5.74, 6) is 0.0905. The van der Waals surface area contributed by atoms with Gasteiger partial charge >= 0.3 is 0 Å². The lowest BCUT2D eigenvalue weighted by atomic mass is 9.92. The van der Waals surface area contributed by atoms with Gasteiger partial charge in [-0.15, -0.1) is 0 Å². The molecule has 102 valence electrons. The number of nitrogens with one attached hydrogen (secondary N) is 1. The van der Waals surface area contributed by atoms with Crippen LogP contribution in [0.2, 0.25) is 0 Å². The highest BCUT2D eigenvalue weighted by atomic mass is 16.2. The van der Waals surface area contributed by atoms with E-state index in [9.17, 15) is 9.59 Å². The number of carbonyl (C=O) groups is 2. The lowest BCUT2D eigenvalue weighted by Gasteiger charge is -2.29. The normalized spacial score (nSPS) is 29.2. The molecule has 0 spiro atoms. The van der Waals surface area contributed by atoms with E-state index in [1.54, 1.807) is 4.90 Å². The van der Waals surface area contributed by atoms with Gasteiger partial charge in [-0.2, -0.15) is 0 Å². The molecule has 3 N–H and O–H groups in total. The van der Waals surface area contributed by atoms with Crippen molar-refractivity contribution in [2.75, 3.05) is 13.1 Å². The first kappa shape index (κ1) is 13.3. The molecule has 1 aliphatic carbocycles. The molecule has 2 fully saturated rings. The highest BCUT2D eigenvalue weighted by molar-refractivity contribution is 5.85. The van der Waals surface area contributed by atoms with Crippen molar-refractivity contribution >= 4 is 11.8 Å². The van der Waals surface area contributed by atoms with E-state index in [2.05, 4.69) is 5.32 Å². The minimum atomic E-state index is -0.0225. The summed E-state index contributed by atoms with van der Waals surface area (Å²) in [5.41, 5.74) is 5.83. The van der Waals surface area contributed by atoms with E-state index in [0.717, 1.165) is 45.1 Å². The molecule has 2 rings (SSSR count). The SMILES string of the molecule is NC1CCC(NC(=O)CN2CCCCC2=O)CC1. The predicted molar refractivity (Wildman–Crippen MR) is 68.8 cm³/mol. The van der Waals surface area contributed by atoms with Gasteiger partial charge in [0.25, 0.3) is 0 Å². The fourth-order valence-electron chi connectivity index (χ4n) is 2.74. The van der Waals surface area contributed by atoms with E-state index in [4.69, 9.17) is 5.73 Å². The third kappa shape index (κ3) is 3.70. The molecule has 1 saturated heterocycles. The summed E-state index contributed by atoms with van der Waals surface area (Å²) in [5, 5.41) is 3.02. The number of likely N-dealkylation sites (tertiary alicyclic amines) is 1. The van der Waals surface area contributed by atoms with Crippen molar-refractivity contribution in [2.24, 2.45) is 5.73 Å². The van der Waals surface area contributed by atoms with Crippen LogP contribution in [0, 0.1) is 0 Å². The summed E-state index contributed by atoms with van der Waals surface area (Å²) in [4.78, 5) is 25.1. The molecule has 2 amide bonds. The lowest BCUT2D eigenvalue weighted by molar-refractivity contribution is -0.138. The second-order valence-corrected chi connectivity index (χ2v) is 5.45. The van der Waals surface area contributed by atoms with Gasteiger partial charge in [-0.25, -0.2) is 0 Å². The maximum atomic E-state index is 11.9. The molecule has 0 unspecified atom stereocenters. The molecule has 0 atom stereocenters.